The van der Waals surface area contributed by atoms with E-state index in [4.69, 9.17) is 4.74 Å². The highest BCUT2D eigenvalue weighted by molar-refractivity contribution is 5.78. The first-order chi connectivity index (χ1) is 13.4. The molecule has 0 aromatic heterocycles. The standard InChI is InChI=1S/C22H35N3O3/c1-5-17-7-9-18(10-8-17)21(16(3)4)23-15-20(26)24-19-11-13-25(14-12-19)22(27)28-6-2/h7-10,16,19,21,23H,5-6,11-15H2,1-4H3,(H,24,26). The molecule has 156 valence electrons. The Balaban J connectivity index is 1.79. The van der Waals surface area contributed by atoms with Crippen molar-refractivity contribution >= 4 is 12.0 Å². The fourth-order valence-electron chi connectivity index (χ4n) is 3.60. The first kappa shape index (κ1) is 22.2. The number of ether oxygens (including phenoxy) is 1. The van der Waals surface area contributed by atoms with Crippen molar-refractivity contribution in [3.8, 4) is 0 Å². The molecule has 28 heavy (non-hydrogen) atoms. The van der Waals surface area contributed by atoms with Gasteiger partial charge in [0.15, 0.2) is 0 Å². The second-order valence-corrected chi connectivity index (χ2v) is 7.73. The van der Waals surface area contributed by atoms with Gasteiger partial charge in [0, 0.05) is 25.2 Å². The number of piperidine rings is 1. The van der Waals surface area contributed by atoms with Crippen LogP contribution in [0.3, 0.4) is 0 Å². The molecule has 1 heterocycles. The minimum atomic E-state index is -0.261. The predicted octanol–water partition coefficient (Wildman–Crippen LogP) is 3.27. The lowest BCUT2D eigenvalue weighted by atomic mass is 9.95. The van der Waals surface area contributed by atoms with Gasteiger partial charge in [0.25, 0.3) is 0 Å². The molecule has 1 aliphatic rings. The smallest absolute Gasteiger partial charge is 0.409 e. The van der Waals surface area contributed by atoms with Crippen LogP contribution in [-0.4, -0.2) is 49.2 Å². The van der Waals surface area contributed by atoms with Crippen LogP contribution < -0.4 is 10.6 Å². The van der Waals surface area contributed by atoms with Crippen LogP contribution in [0.2, 0.25) is 0 Å². The molecule has 6 nitrogen and oxygen atoms in total. The summed E-state index contributed by atoms with van der Waals surface area (Å²) in [6.07, 6.45) is 2.29. The molecule has 0 spiro atoms. The first-order valence-corrected chi connectivity index (χ1v) is 10.5. The summed E-state index contributed by atoms with van der Waals surface area (Å²) in [4.78, 5) is 25.9. The number of nitrogens with zero attached hydrogens (tertiary/aromatic N) is 1. The Morgan fingerprint density at radius 2 is 1.79 bits per heavy atom. The maximum atomic E-state index is 12.4. The number of nitrogens with one attached hydrogen (secondary N) is 2. The number of benzene rings is 1. The molecule has 2 rings (SSSR count). The summed E-state index contributed by atoms with van der Waals surface area (Å²) >= 11 is 0. The zero-order valence-electron chi connectivity index (χ0n) is 17.7. The van der Waals surface area contributed by atoms with Gasteiger partial charge in [0.2, 0.25) is 5.91 Å². The van der Waals surface area contributed by atoms with E-state index < -0.39 is 0 Å². The second kappa shape index (κ2) is 11.1. The zero-order chi connectivity index (χ0) is 20.5. The lowest BCUT2D eigenvalue weighted by molar-refractivity contribution is -0.121. The van der Waals surface area contributed by atoms with Crippen molar-refractivity contribution in [3.05, 3.63) is 35.4 Å². The highest BCUT2D eigenvalue weighted by Crippen LogP contribution is 2.22. The summed E-state index contributed by atoms with van der Waals surface area (Å²) in [7, 11) is 0. The van der Waals surface area contributed by atoms with Gasteiger partial charge in [-0.2, -0.15) is 0 Å². The van der Waals surface area contributed by atoms with Gasteiger partial charge >= 0.3 is 6.09 Å². The quantitative estimate of drug-likeness (QED) is 0.716. The van der Waals surface area contributed by atoms with Gasteiger partial charge in [-0.05, 0) is 43.2 Å². The summed E-state index contributed by atoms with van der Waals surface area (Å²) in [5.74, 6) is 0.388. The molecule has 1 unspecified atom stereocenters. The molecule has 1 saturated heterocycles. The van der Waals surface area contributed by atoms with E-state index in [0.717, 1.165) is 19.3 Å². The van der Waals surface area contributed by atoms with Gasteiger partial charge in [0.1, 0.15) is 0 Å². The molecular weight excluding hydrogens is 354 g/mol. The zero-order valence-corrected chi connectivity index (χ0v) is 17.7. The van der Waals surface area contributed by atoms with Crippen LogP contribution >= 0.6 is 0 Å². The van der Waals surface area contributed by atoms with E-state index >= 15 is 0 Å². The van der Waals surface area contributed by atoms with Crippen LogP contribution in [0.1, 0.15) is 57.7 Å². The molecule has 1 aliphatic heterocycles. The topological polar surface area (TPSA) is 70.7 Å². The van der Waals surface area contributed by atoms with Crippen LogP contribution in [0.4, 0.5) is 4.79 Å². The SMILES string of the molecule is CCOC(=O)N1CCC(NC(=O)CNC(c2ccc(CC)cc2)C(C)C)CC1. The Morgan fingerprint density at radius 1 is 1.14 bits per heavy atom. The normalized spacial score (nSPS) is 16.1. The third-order valence-electron chi connectivity index (χ3n) is 5.28. The largest absolute Gasteiger partial charge is 0.450 e. The molecule has 0 radical (unpaired) electrons. The maximum Gasteiger partial charge on any atom is 0.409 e. The Labute approximate surface area is 169 Å². The van der Waals surface area contributed by atoms with E-state index in [9.17, 15) is 9.59 Å². The Morgan fingerprint density at radius 3 is 2.32 bits per heavy atom. The van der Waals surface area contributed by atoms with Crippen LogP contribution in [0.5, 0.6) is 0 Å². The average molecular weight is 390 g/mol. The fraction of sp³-hybridized carbons (Fsp3) is 0.636. The Hall–Kier alpha value is -2.08. The van der Waals surface area contributed by atoms with Gasteiger partial charge < -0.3 is 20.3 Å². The lowest BCUT2D eigenvalue weighted by Gasteiger charge is -2.32. The summed E-state index contributed by atoms with van der Waals surface area (Å²) < 4.78 is 5.03. The van der Waals surface area contributed by atoms with Crippen molar-refractivity contribution in [1.82, 2.24) is 15.5 Å². The van der Waals surface area contributed by atoms with E-state index in [0.29, 0.717) is 25.6 Å². The molecule has 6 heteroatoms. The maximum absolute atomic E-state index is 12.4. The number of carbonyl (C=O) groups is 2. The number of carbonyl (C=O) groups excluding carboxylic acids is 2. The second-order valence-electron chi connectivity index (χ2n) is 7.73. The number of likely N-dealkylation sites (tertiary alicyclic amines) is 1. The number of hydrogen-bond acceptors (Lipinski definition) is 4. The summed E-state index contributed by atoms with van der Waals surface area (Å²) in [5, 5.41) is 6.50. The molecular formula is C22H35N3O3. The minimum Gasteiger partial charge on any atom is -0.450 e. The summed E-state index contributed by atoms with van der Waals surface area (Å²) in [5.41, 5.74) is 2.53. The van der Waals surface area contributed by atoms with Crippen molar-refractivity contribution in [2.24, 2.45) is 5.92 Å². The highest BCUT2D eigenvalue weighted by Gasteiger charge is 2.25. The fourth-order valence-corrected chi connectivity index (χ4v) is 3.60. The molecule has 0 bridgehead atoms. The van der Waals surface area contributed by atoms with Crippen LogP contribution in [-0.2, 0) is 16.0 Å². The molecule has 2 amide bonds. The molecule has 0 aliphatic carbocycles. The summed E-state index contributed by atoms with van der Waals surface area (Å²) in [6.45, 7) is 10.2. The van der Waals surface area contributed by atoms with E-state index in [1.54, 1.807) is 11.8 Å². The molecule has 2 N–H and O–H groups in total. The molecule has 1 aromatic carbocycles. The minimum absolute atomic E-state index is 0.00501. The monoisotopic (exact) mass is 389 g/mol. The lowest BCUT2D eigenvalue weighted by Crippen LogP contribution is -2.48. The molecule has 0 saturated carbocycles. The van der Waals surface area contributed by atoms with Crippen LogP contribution in [0.25, 0.3) is 0 Å². The van der Waals surface area contributed by atoms with Crippen molar-refractivity contribution in [2.45, 2.75) is 59.0 Å². The Bertz CT molecular complexity index is 622. The van der Waals surface area contributed by atoms with Crippen molar-refractivity contribution < 1.29 is 14.3 Å². The molecule has 1 atom stereocenters. The number of hydrogen-bond donors (Lipinski definition) is 2. The van der Waals surface area contributed by atoms with Gasteiger partial charge in [-0.15, -0.1) is 0 Å². The molecule has 1 aromatic rings. The average Bonchev–Trinajstić information content (AvgIpc) is 2.69. The summed E-state index contributed by atoms with van der Waals surface area (Å²) in [6, 6.07) is 8.87. The first-order valence-electron chi connectivity index (χ1n) is 10.5. The Kier molecular flexibility index (Phi) is 8.77. The van der Waals surface area contributed by atoms with Crippen LogP contribution in [0.15, 0.2) is 24.3 Å². The van der Waals surface area contributed by atoms with Gasteiger partial charge in [-0.1, -0.05) is 45.0 Å². The highest BCUT2D eigenvalue weighted by atomic mass is 16.6. The van der Waals surface area contributed by atoms with E-state index in [1.165, 1.54) is 11.1 Å². The number of aryl methyl sites for hydroxylation is 1. The van der Waals surface area contributed by atoms with E-state index in [-0.39, 0.29) is 30.6 Å². The number of rotatable bonds is 8. The van der Waals surface area contributed by atoms with E-state index in [1.807, 2.05) is 0 Å². The van der Waals surface area contributed by atoms with Gasteiger partial charge in [0.05, 0.1) is 13.2 Å². The van der Waals surface area contributed by atoms with Crippen LogP contribution in [0, 0.1) is 5.92 Å². The van der Waals surface area contributed by atoms with Gasteiger partial charge in [-0.3, -0.25) is 4.79 Å². The number of amides is 2. The predicted molar refractivity (Wildman–Crippen MR) is 111 cm³/mol. The van der Waals surface area contributed by atoms with Crippen molar-refractivity contribution in [3.63, 3.8) is 0 Å². The van der Waals surface area contributed by atoms with Crippen molar-refractivity contribution in [1.29, 1.82) is 0 Å². The third kappa shape index (κ3) is 6.51. The molecule has 1 fully saturated rings. The van der Waals surface area contributed by atoms with Crippen molar-refractivity contribution in [2.75, 3.05) is 26.2 Å². The van der Waals surface area contributed by atoms with Gasteiger partial charge in [-0.25, -0.2) is 4.79 Å². The third-order valence-corrected chi connectivity index (χ3v) is 5.28. The van der Waals surface area contributed by atoms with E-state index in [2.05, 4.69) is 55.7 Å².